The number of methoxy groups -OCH3 is 2. The molecule has 33 heavy (non-hydrogen) atoms. The summed E-state index contributed by atoms with van der Waals surface area (Å²) in [7, 11) is 3.04. The van der Waals surface area contributed by atoms with Gasteiger partial charge in [0.1, 0.15) is 5.75 Å². The van der Waals surface area contributed by atoms with Gasteiger partial charge in [-0.05, 0) is 70.6 Å². The minimum Gasteiger partial charge on any atom is -0.497 e. The first-order chi connectivity index (χ1) is 16.0. The van der Waals surface area contributed by atoms with Gasteiger partial charge in [-0.25, -0.2) is 5.43 Å². The van der Waals surface area contributed by atoms with Crippen molar-refractivity contribution < 1.29 is 23.8 Å². The van der Waals surface area contributed by atoms with E-state index in [9.17, 15) is 9.59 Å². The van der Waals surface area contributed by atoms with E-state index < -0.39 is 0 Å². The summed E-state index contributed by atoms with van der Waals surface area (Å²) in [5.74, 6) is 0.814. The SMILES string of the molecule is COc1cccc(C(=O)N/N=C/c2cc(I)c(OCC(=O)Nc3ccccc3)c(OC)c2)c1. The van der Waals surface area contributed by atoms with E-state index in [2.05, 4.69) is 38.4 Å². The van der Waals surface area contributed by atoms with Crippen molar-refractivity contribution in [3.05, 3.63) is 81.4 Å². The van der Waals surface area contributed by atoms with E-state index in [0.717, 1.165) is 3.57 Å². The Labute approximate surface area is 205 Å². The number of anilines is 1. The van der Waals surface area contributed by atoms with Crippen LogP contribution in [0.15, 0.2) is 71.8 Å². The Balaban J connectivity index is 1.63. The van der Waals surface area contributed by atoms with Crippen LogP contribution in [-0.4, -0.2) is 38.9 Å². The van der Waals surface area contributed by atoms with Crippen LogP contribution in [0.1, 0.15) is 15.9 Å². The molecule has 0 fully saturated rings. The van der Waals surface area contributed by atoms with Gasteiger partial charge < -0.3 is 19.5 Å². The van der Waals surface area contributed by atoms with Gasteiger partial charge in [-0.1, -0.05) is 24.3 Å². The minimum atomic E-state index is -0.365. The Morgan fingerprint density at radius 3 is 2.52 bits per heavy atom. The molecule has 0 aromatic heterocycles. The molecule has 3 rings (SSSR count). The molecule has 2 N–H and O–H groups in total. The summed E-state index contributed by atoms with van der Waals surface area (Å²) >= 11 is 2.09. The van der Waals surface area contributed by atoms with Crippen LogP contribution in [0.25, 0.3) is 0 Å². The maximum atomic E-state index is 12.3. The number of rotatable bonds is 9. The molecule has 3 aromatic carbocycles. The summed E-state index contributed by atoms with van der Waals surface area (Å²) in [6, 6.07) is 19.4. The highest BCUT2D eigenvalue weighted by atomic mass is 127. The molecule has 3 aromatic rings. The van der Waals surface area contributed by atoms with Crippen LogP contribution in [-0.2, 0) is 4.79 Å². The van der Waals surface area contributed by atoms with E-state index in [1.165, 1.54) is 20.4 Å². The van der Waals surface area contributed by atoms with Crippen LogP contribution < -0.4 is 25.0 Å². The van der Waals surface area contributed by atoms with Crippen molar-refractivity contribution in [2.75, 3.05) is 26.1 Å². The van der Waals surface area contributed by atoms with Crippen LogP contribution in [0.3, 0.4) is 0 Å². The lowest BCUT2D eigenvalue weighted by atomic mass is 10.2. The molecule has 0 aliphatic heterocycles. The van der Waals surface area contributed by atoms with Crippen molar-refractivity contribution in [3.63, 3.8) is 0 Å². The number of nitrogens with zero attached hydrogens (tertiary/aromatic N) is 1. The fraction of sp³-hybridized carbons (Fsp3) is 0.125. The standard InChI is InChI=1S/C24H22IN3O5/c1-31-19-10-6-7-17(13-19)24(30)28-26-14-16-11-20(25)23(21(12-16)32-2)33-15-22(29)27-18-8-4-3-5-9-18/h3-14H,15H2,1-2H3,(H,27,29)(H,28,30)/b26-14+. The maximum Gasteiger partial charge on any atom is 0.271 e. The van der Waals surface area contributed by atoms with E-state index in [1.54, 1.807) is 48.5 Å². The molecule has 0 unspecified atom stereocenters. The number of hydrazone groups is 1. The van der Waals surface area contributed by atoms with Gasteiger partial charge >= 0.3 is 0 Å². The van der Waals surface area contributed by atoms with Gasteiger partial charge in [0.05, 0.1) is 24.0 Å². The Bertz CT molecular complexity index is 1150. The largest absolute Gasteiger partial charge is 0.497 e. The smallest absolute Gasteiger partial charge is 0.271 e. The first-order valence-electron chi connectivity index (χ1n) is 9.83. The fourth-order valence-corrected chi connectivity index (χ4v) is 3.59. The minimum absolute atomic E-state index is 0.175. The van der Waals surface area contributed by atoms with Gasteiger partial charge in [-0.3, -0.25) is 9.59 Å². The average Bonchev–Trinajstić information content (AvgIpc) is 2.83. The molecule has 0 spiro atoms. The molecule has 0 saturated heterocycles. The van der Waals surface area contributed by atoms with Gasteiger partial charge in [0.2, 0.25) is 0 Å². The normalized spacial score (nSPS) is 10.5. The lowest BCUT2D eigenvalue weighted by Gasteiger charge is -2.13. The number of halogens is 1. The van der Waals surface area contributed by atoms with Gasteiger partial charge in [0.15, 0.2) is 18.1 Å². The monoisotopic (exact) mass is 559 g/mol. The maximum absolute atomic E-state index is 12.3. The molecule has 0 atom stereocenters. The number of amides is 2. The highest BCUT2D eigenvalue weighted by Gasteiger charge is 2.13. The van der Waals surface area contributed by atoms with E-state index in [-0.39, 0.29) is 18.4 Å². The van der Waals surface area contributed by atoms with E-state index >= 15 is 0 Å². The Kier molecular flexibility index (Phi) is 8.64. The van der Waals surface area contributed by atoms with Crippen LogP contribution >= 0.6 is 22.6 Å². The van der Waals surface area contributed by atoms with Crippen LogP contribution in [0.4, 0.5) is 5.69 Å². The van der Waals surface area contributed by atoms with E-state index in [1.807, 2.05) is 18.2 Å². The molecule has 0 saturated carbocycles. The third-order valence-electron chi connectivity index (χ3n) is 4.37. The second-order valence-corrected chi connectivity index (χ2v) is 7.83. The zero-order valence-electron chi connectivity index (χ0n) is 18.0. The first kappa shape index (κ1) is 24.1. The molecule has 2 amide bonds. The second kappa shape index (κ2) is 11.9. The number of benzene rings is 3. The first-order valence-corrected chi connectivity index (χ1v) is 10.9. The van der Waals surface area contributed by atoms with Crippen LogP contribution in [0.5, 0.6) is 17.2 Å². The highest BCUT2D eigenvalue weighted by molar-refractivity contribution is 14.1. The molecule has 8 nitrogen and oxygen atoms in total. The lowest BCUT2D eigenvalue weighted by Crippen LogP contribution is -2.20. The van der Waals surface area contributed by atoms with Crippen LogP contribution in [0, 0.1) is 3.57 Å². The molecular weight excluding hydrogens is 537 g/mol. The summed E-state index contributed by atoms with van der Waals surface area (Å²) < 4.78 is 17.0. The molecule has 0 aliphatic carbocycles. The van der Waals surface area contributed by atoms with Crippen molar-refractivity contribution in [2.24, 2.45) is 5.10 Å². The fourth-order valence-electron chi connectivity index (χ4n) is 2.80. The van der Waals surface area contributed by atoms with Crippen molar-refractivity contribution in [1.29, 1.82) is 0 Å². The summed E-state index contributed by atoms with van der Waals surface area (Å²) in [6.07, 6.45) is 1.49. The number of carbonyl (C=O) groups excluding carboxylic acids is 2. The molecule has 170 valence electrons. The summed E-state index contributed by atoms with van der Waals surface area (Å²) in [6.45, 7) is -0.175. The number of hydrogen-bond acceptors (Lipinski definition) is 6. The Morgan fingerprint density at radius 2 is 1.79 bits per heavy atom. The van der Waals surface area contributed by atoms with E-state index in [0.29, 0.717) is 34.1 Å². The highest BCUT2D eigenvalue weighted by Crippen LogP contribution is 2.33. The van der Waals surface area contributed by atoms with E-state index in [4.69, 9.17) is 14.2 Å². The number of carbonyl (C=O) groups is 2. The van der Waals surface area contributed by atoms with Gasteiger partial charge in [-0.15, -0.1) is 0 Å². The molecule has 0 heterocycles. The van der Waals surface area contributed by atoms with Crippen molar-refractivity contribution in [2.45, 2.75) is 0 Å². The molecule has 0 radical (unpaired) electrons. The molecule has 9 heteroatoms. The van der Waals surface area contributed by atoms with Gasteiger partial charge in [0.25, 0.3) is 11.8 Å². The van der Waals surface area contributed by atoms with Gasteiger partial charge in [0, 0.05) is 11.3 Å². The number of nitrogens with one attached hydrogen (secondary N) is 2. The molecule has 0 bridgehead atoms. The molecule has 0 aliphatic rings. The quantitative estimate of drug-likeness (QED) is 0.234. The summed E-state index contributed by atoms with van der Waals surface area (Å²) in [5, 5.41) is 6.77. The third kappa shape index (κ3) is 6.94. The van der Waals surface area contributed by atoms with Crippen LogP contribution in [0.2, 0.25) is 0 Å². The van der Waals surface area contributed by atoms with Crippen molar-refractivity contribution in [3.8, 4) is 17.2 Å². The Morgan fingerprint density at radius 1 is 1.00 bits per heavy atom. The average molecular weight is 559 g/mol. The second-order valence-electron chi connectivity index (χ2n) is 6.67. The predicted molar refractivity (Wildman–Crippen MR) is 134 cm³/mol. The van der Waals surface area contributed by atoms with Crippen molar-refractivity contribution >= 4 is 46.3 Å². The third-order valence-corrected chi connectivity index (χ3v) is 5.17. The zero-order valence-corrected chi connectivity index (χ0v) is 20.2. The Hall–Kier alpha value is -3.60. The van der Waals surface area contributed by atoms with Gasteiger partial charge in [-0.2, -0.15) is 5.10 Å². The number of para-hydroxylation sites is 1. The van der Waals surface area contributed by atoms with Crippen molar-refractivity contribution in [1.82, 2.24) is 5.43 Å². The zero-order chi connectivity index (χ0) is 23.6. The number of hydrogen-bond donors (Lipinski definition) is 2. The lowest BCUT2D eigenvalue weighted by molar-refractivity contribution is -0.118. The number of ether oxygens (including phenoxy) is 3. The topological polar surface area (TPSA) is 98.3 Å². The molecular formula is C24H22IN3O5. The summed E-state index contributed by atoms with van der Waals surface area (Å²) in [5.41, 5.74) is 4.28. The summed E-state index contributed by atoms with van der Waals surface area (Å²) in [4.78, 5) is 24.4. The predicted octanol–water partition coefficient (Wildman–Crippen LogP) is 4.09.